The lowest BCUT2D eigenvalue weighted by atomic mass is 9.98. The van der Waals surface area contributed by atoms with Crippen LogP contribution in [0.15, 0.2) is 112 Å². The zero-order chi connectivity index (χ0) is 45.7. The Balaban J connectivity index is 1.36. The first kappa shape index (κ1) is 48.1. The Hall–Kier alpha value is -5.95. The fourth-order valence-corrected chi connectivity index (χ4v) is 10.5. The number of nitrogens with two attached hydrogens (primary N) is 1. The highest BCUT2D eigenvalue weighted by atomic mass is 32.2. The first-order chi connectivity index (χ1) is 30.0. The van der Waals surface area contributed by atoms with Crippen molar-refractivity contribution in [1.29, 1.82) is 0 Å². The van der Waals surface area contributed by atoms with E-state index < -0.39 is 55.8 Å². The van der Waals surface area contributed by atoms with Gasteiger partial charge in [0, 0.05) is 24.5 Å². The number of hydrogen-bond acceptors (Lipinski definition) is 11. The van der Waals surface area contributed by atoms with E-state index in [9.17, 15) is 31.2 Å². The summed E-state index contributed by atoms with van der Waals surface area (Å²) < 4.78 is 64.1. The molecule has 2 amide bonds. The van der Waals surface area contributed by atoms with E-state index in [0.717, 1.165) is 22.5 Å². The molecule has 0 aliphatic heterocycles. The molecule has 5 rings (SSSR count). The Labute approximate surface area is 373 Å². The second-order valence-electron chi connectivity index (χ2n) is 15.0. The van der Waals surface area contributed by atoms with Gasteiger partial charge in [0.05, 0.1) is 23.8 Å². The SMILES string of the molecule is COc1cc(C)c(S(=O)(=O)NC(N)=NCCC[C@H](NC(=O)[C@H](Cc2ccccc2C)NC(=O)[C@@H](Cc2ccccc2)NS(=O)(=O)Cc2ccccc2)C(=O)c2nccs2)c(C)c1C. The number of amides is 2. The molecular formula is C45H53N7O8S3. The zero-order valence-electron chi connectivity index (χ0n) is 35.8. The summed E-state index contributed by atoms with van der Waals surface area (Å²) in [6.45, 7) is 6.93. The minimum absolute atomic E-state index is 0.0106. The summed E-state index contributed by atoms with van der Waals surface area (Å²) in [5, 5.41) is 7.39. The maximum Gasteiger partial charge on any atom is 0.264 e. The molecule has 0 bridgehead atoms. The van der Waals surface area contributed by atoms with Crippen molar-refractivity contribution < 1.29 is 36.0 Å². The topological polar surface area (TPSA) is 228 Å². The standard InChI is InChI=1S/C45H53N7O8S3/c1-29-15-12-13-20-35(29)27-37(50-43(55)38(26-33-16-8-6-9-17-33)51-62(56,57)28-34-18-10-7-11-19-34)42(54)49-36(40(53)44-47-23-24-61-44)21-14-22-48-45(46)52-63(58,59)41-30(2)25-39(60-5)31(3)32(41)4/h6-13,15-20,23-25,36-38,51H,14,21-22,26-28H2,1-5H3,(H,49,54)(H,50,55)(H3,46,48,52)/t36-,37-,38+/m0/s1. The predicted molar refractivity (Wildman–Crippen MR) is 245 cm³/mol. The van der Waals surface area contributed by atoms with Crippen LogP contribution < -0.4 is 30.5 Å². The first-order valence-corrected chi connectivity index (χ1v) is 24.1. The number of sulfonamides is 2. The summed E-state index contributed by atoms with van der Waals surface area (Å²) >= 11 is 1.10. The lowest BCUT2D eigenvalue weighted by Crippen LogP contribution is -2.57. The Morgan fingerprint density at radius 1 is 0.778 bits per heavy atom. The molecule has 15 nitrogen and oxygen atoms in total. The van der Waals surface area contributed by atoms with Gasteiger partial charge in [0.15, 0.2) is 5.01 Å². The molecule has 0 unspecified atom stereocenters. The number of nitrogens with one attached hydrogen (secondary N) is 4. The third-order valence-corrected chi connectivity index (χ3v) is 14.1. The Bertz CT molecular complexity index is 2630. The van der Waals surface area contributed by atoms with Crippen LogP contribution in [0.4, 0.5) is 0 Å². The van der Waals surface area contributed by atoms with Crippen molar-refractivity contribution in [3.05, 3.63) is 147 Å². The van der Waals surface area contributed by atoms with Crippen LogP contribution in [0.5, 0.6) is 5.75 Å². The number of rotatable bonds is 21. The van der Waals surface area contributed by atoms with Crippen LogP contribution >= 0.6 is 11.3 Å². The van der Waals surface area contributed by atoms with Crippen LogP contribution in [0.1, 0.15) is 61.6 Å². The van der Waals surface area contributed by atoms with Gasteiger partial charge in [0.25, 0.3) is 10.0 Å². The second kappa shape index (κ2) is 21.9. The number of Topliss-reactive ketones (excluding diaryl/α,β-unsaturated/α-hetero) is 1. The van der Waals surface area contributed by atoms with Crippen LogP contribution in [0, 0.1) is 27.7 Å². The second-order valence-corrected chi connectivity index (χ2v) is 19.3. The van der Waals surface area contributed by atoms with Crippen molar-refractivity contribution >= 4 is 54.9 Å². The van der Waals surface area contributed by atoms with Crippen LogP contribution in [0.3, 0.4) is 0 Å². The fourth-order valence-electron chi connectivity index (χ4n) is 7.03. The van der Waals surface area contributed by atoms with Gasteiger partial charge in [-0.05, 0) is 92.0 Å². The molecule has 0 aliphatic carbocycles. The number of hydrogen-bond donors (Lipinski definition) is 5. The van der Waals surface area contributed by atoms with Crippen LogP contribution in [-0.4, -0.2) is 77.2 Å². The smallest absolute Gasteiger partial charge is 0.264 e. The maximum atomic E-state index is 14.4. The number of methoxy groups -OCH3 is 1. The number of aromatic nitrogens is 1. The summed E-state index contributed by atoms with van der Waals surface area (Å²) in [4.78, 5) is 50.9. The molecule has 63 heavy (non-hydrogen) atoms. The number of guanidine groups is 1. The van der Waals surface area contributed by atoms with E-state index in [4.69, 9.17) is 10.5 Å². The molecule has 1 heterocycles. The van der Waals surface area contributed by atoms with Crippen molar-refractivity contribution in [1.82, 2.24) is 25.1 Å². The van der Waals surface area contributed by atoms with Crippen LogP contribution in [0.25, 0.3) is 0 Å². The van der Waals surface area contributed by atoms with Gasteiger partial charge < -0.3 is 21.1 Å². The zero-order valence-corrected chi connectivity index (χ0v) is 38.2. The van der Waals surface area contributed by atoms with E-state index in [-0.39, 0.29) is 53.8 Å². The van der Waals surface area contributed by atoms with Gasteiger partial charge in [-0.3, -0.25) is 19.4 Å². The first-order valence-electron chi connectivity index (χ1n) is 20.1. The minimum Gasteiger partial charge on any atom is -0.496 e. The maximum absolute atomic E-state index is 14.4. The van der Waals surface area contributed by atoms with Crippen molar-refractivity contribution in [2.75, 3.05) is 13.7 Å². The Morgan fingerprint density at radius 2 is 1.40 bits per heavy atom. The summed E-state index contributed by atoms with van der Waals surface area (Å²) in [7, 11) is -6.67. The van der Waals surface area contributed by atoms with E-state index in [1.54, 1.807) is 98.9 Å². The molecule has 6 N–H and O–H groups in total. The number of ketones is 1. The van der Waals surface area contributed by atoms with Crippen molar-refractivity contribution in [2.24, 2.45) is 10.7 Å². The highest BCUT2D eigenvalue weighted by Gasteiger charge is 2.32. The highest BCUT2D eigenvalue weighted by molar-refractivity contribution is 7.90. The lowest BCUT2D eigenvalue weighted by Gasteiger charge is -2.26. The van der Waals surface area contributed by atoms with E-state index in [0.29, 0.717) is 33.6 Å². The monoisotopic (exact) mass is 915 g/mol. The van der Waals surface area contributed by atoms with Gasteiger partial charge in [0.2, 0.25) is 33.6 Å². The number of ether oxygens (including phenoxy) is 1. The molecule has 0 radical (unpaired) electrons. The fraction of sp³-hybridized carbons (Fsp3) is 0.311. The molecule has 4 aromatic carbocycles. The van der Waals surface area contributed by atoms with E-state index in [1.165, 1.54) is 13.3 Å². The van der Waals surface area contributed by atoms with Gasteiger partial charge >= 0.3 is 0 Å². The van der Waals surface area contributed by atoms with Gasteiger partial charge in [0.1, 0.15) is 17.8 Å². The Morgan fingerprint density at radius 3 is 2.03 bits per heavy atom. The lowest BCUT2D eigenvalue weighted by molar-refractivity contribution is -0.130. The predicted octanol–water partition coefficient (Wildman–Crippen LogP) is 4.58. The molecule has 0 aliphatic rings. The number of thiazole rings is 1. The number of benzene rings is 4. The third-order valence-electron chi connectivity index (χ3n) is 10.4. The molecule has 18 heteroatoms. The highest BCUT2D eigenvalue weighted by Crippen LogP contribution is 2.30. The summed E-state index contributed by atoms with van der Waals surface area (Å²) in [6.07, 6.45) is 1.70. The van der Waals surface area contributed by atoms with Crippen molar-refractivity contribution in [3.63, 3.8) is 0 Å². The average Bonchev–Trinajstić information content (AvgIpc) is 3.79. The largest absolute Gasteiger partial charge is 0.496 e. The van der Waals surface area contributed by atoms with E-state index >= 15 is 0 Å². The number of aliphatic imine (C=N–C) groups is 1. The van der Waals surface area contributed by atoms with Gasteiger partial charge in [-0.1, -0.05) is 84.9 Å². The molecule has 0 saturated carbocycles. The summed E-state index contributed by atoms with van der Waals surface area (Å²) in [6, 6.07) is 22.7. The minimum atomic E-state index is -4.13. The number of carbonyl (C=O) groups excluding carboxylic acids is 3. The van der Waals surface area contributed by atoms with Crippen LogP contribution in [0.2, 0.25) is 0 Å². The van der Waals surface area contributed by atoms with Crippen molar-refractivity contribution in [2.45, 2.75) is 82.2 Å². The Kier molecular flexibility index (Phi) is 16.7. The van der Waals surface area contributed by atoms with Crippen molar-refractivity contribution in [3.8, 4) is 5.75 Å². The molecule has 334 valence electrons. The number of nitrogens with zero attached hydrogens (tertiary/aromatic N) is 2. The van der Waals surface area contributed by atoms with Gasteiger partial charge in [-0.25, -0.2) is 31.3 Å². The number of carbonyl (C=O) groups is 3. The van der Waals surface area contributed by atoms with Gasteiger partial charge in [-0.15, -0.1) is 11.3 Å². The summed E-state index contributed by atoms with van der Waals surface area (Å²) in [5.41, 5.74) is 10.5. The molecule has 0 spiro atoms. The molecule has 0 fully saturated rings. The summed E-state index contributed by atoms with van der Waals surface area (Å²) in [5.74, 6) is -2.09. The normalized spacial score (nSPS) is 13.4. The third kappa shape index (κ3) is 13.5. The molecule has 0 saturated heterocycles. The number of aryl methyl sites for hydroxylation is 2. The molecule has 1 aromatic heterocycles. The molecule has 3 atom stereocenters. The van der Waals surface area contributed by atoms with E-state index in [1.807, 2.05) is 25.1 Å². The molecular weight excluding hydrogens is 863 g/mol. The molecule has 5 aromatic rings. The van der Waals surface area contributed by atoms with Gasteiger partial charge in [-0.2, -0.15) is 0 Å². The average molecular weight is 916 g/mol. The van der Waals surface area contributed by atoms with E-state index in [2.05, 4.69) is 30.1 Å². The van der Waals surface area contributed by atoms with Crippen LogP contribution in [-0.2, 0) is 48.2 Å². The quantitative estimate of drug-likeness (QED) is 0.0298.